The van der Waals surface area contributed by atoms with Gasteiger partial charge in [-0.15, -0.1) is 0 Å². The molecule has 40 heavy (non-hydrogen) atoms. The van der Waals surface area contributed by atoms with Crippen molar-refractivity contribution in [3.8, 4) is 0 Å². The Labute approximate surface area is 234 Å². The van der Waals surface area contributed by atoms with Gasteiger partial charge in [0.1, 0.15) is 0 Å². The Balaban J connectivity index is 1.55. The highest BCUT2D eigenvalue weighted by Crippen LogP contribution is 2.80. The van der Waals surface area contributed by atoms with Gasteiger partial charge in [-0.05, 0) is 90.1 Å². The summed E-state index contributed by atoms with van der Waals surface area (Å²) in [6, 6.07) is 52.6. The van der Waals surface area contributed by atoms with E-state index in [1.54, 1.807) is 22.3 Å². The largest absolute Gasteiger partial charge is 0.0641 e. The summed E-state index contributed by atoms with van der Waals surface area (Å²) in [7, 11) is 0. The topological polar surface area (TPSA) is 0 Å². The molecule has 0 aromatic heterocycles. The van der Waals surface area contributed by atoms with Crippen LogP contribution in [0.1, 0.15) is 79.3 Å². The molecule has 2 spiro atoms. The minimum atomic E-state index is -0.372. The van der Waals surface area contributed by atoms with E-state index in [1.807, 2.05) is 0 Å². The molecule has 4 aliphatic carbocycles. The first-order chi connectivity index (χ1) is 19.9. The van der Waals surface area contributed by atoms with Crippen LogP contribution in [0.15, 0.2) is 133 Å². The van der Waals surface area contributed by atoms with Gasteiger partial charge in [0.05, 0.1) is 10.8 Å². The molecule has 1 fully saturated rings. The van der Waals surface area contributed by atoms with Crippen molar-refractivity contribution < 1.29 is 0 Å². The second-order valence-corrected chi connectivity index (χ2v) is 12.7. The summed E-state index contributed by atoms with van der Waals surface area (Å²) in [5, 5.41) is 2.80. The maximum absolute atomic E-state index is 2.50. The van der Waals surface area contributed by atoms with Gasteiger partial charge in [0, 0.05) is 0 Å². The van der Waals surface area contributed by atoms with Gasteiger partial charge >= 0.3 is 0 Å². The van der Waals surface area contributed by atoms with Crippen LogP contribution in [0.5, 0.6) is 0 Å². The third-order valence-corrected chi connectivity index (χ3v) is 11.7. The molecule has 4 aliphatic rings. The fraction of sp³-hybridized carbons (Fsp3) is 0.150. The molecule has 186 valence electrons. The van der Waals surface area contributed by atoms with E-state index in [0.29, 0.717) is 23.7 Å². The summed E-state index contributed by atoms with van der Waals surface area (Å²) in [5.41, 5.74) is 14.6. The molecule has 10 rings (SSSR count). The van der Waals surface area contributed by atoms with E-state index < -0.39 is 0 Å². The fourth-order valence-electron chi connectivity index (χ4n) is 10.9. The SMILES string of the molecule is c1ccc2c(c1)C1C3c4ccccc4C24c2cccc5cccc(c25)C42c4ccccc4C1C3c1ccccc12. The zero-order chi connectivity index (χ0) is 25.8. The van der Waals surface area contributed by atoms with Crippen LogP contribution in [-0.2, 0) is 10.8 Å². The highest BCUT2D eigenvalue weighted by Gasteiger charge is 2.72. The van der Waals surface area contributed by atoms with Crippen molar-refractivity contribution in [2.75, 3.05) is 0 Å². The lowest BCUT2D eigenvalue weighted by Gasteiger charge is -2.53. The summed E-state index contributed by atoms with van der Waals surface area (Å²) in [6.45, 7) is 0. The molecule has 0 aliphatic heterocycles. The lowest BCUT2D eigenvalue weighted by atomic mass is 9.48. The van der Waals surface area contributed by atoms with Gasteiger partial charge in [-0.1, -0.05) is 133 Å². The first-order valence-electron chi connectivity index (χ1n) is 14.8. The number of hydrogen-bond acceptors (Lipinski definition) is 0. The van der Waals surface area contributed by atoms with E-state index in [-0.39, 0.29) is 10.8 Å². The predicted octanol–water partition coefficient (Wildman–Crippen LogP) is 8.91. The van der Waals surface area contributed by atoms with E-state index in [0.717, 1.165) is 0 Å². The number of benzene rings is 6. The highest BCUT2D eigenvalue weighted by molar-refractivity contribution is 6.00. The summed E-state index contributed by atoms with van der Waals surface area (Å²) in [6.07, 6.45) is 0. The normalized spacial score (nSPS) is 30.2. The third kappa shape index (κ3) is 1.80. The Hall–Kier alpha value is -4.42. The van der Waals surface area contributed by atoms with Crippen molar-refractivity contribution in [3.63, 3.8) is 0 Å². The van der Waals surface area contributed by atoms with E-state index >= 15 is 0 Å². The quantitative estimate of drug-likeness (QED) is 0.193. The van der Waals surface area contributed by atoms with Crippen molar-refractivity contribution >= 4 is 10.8 Å². The second kappa shape index (κ2) is 6.48. The lowest BCUT2D eigenvalue weighted by Crippen LogP contribution is -2.51. The molecule has 0 heteroatoms. The summed E-state index contributed by atoms with van der Waals surface area (Å²) < 4.78 is 0. The molecular formula is C40H26. The van der Waals surface area contributed by atoms with Crippen molar-refractivity contribution in [2.45, 2.75) is 34.5 Å². The molecule has 0 nitrogen and oxygen atoms in total. The second-order valence-electron chi connectivity index (χ2n) is 12.7. The standard InChI is InChI=1S/C40H26/c1-5-17-28-24(13-1)35-36-25-14-2-6-18-29(25)39(28)32-21-9-11-23-12-10-22-33(34(23)32)40(39)30-19-7-3-15-26(30)37(35)38(36)27-16-4-8-20-31(27)40/h1-22,35-38H. The maximum atomic E-state index is 2.50. The third-order valence-electron chi connectivity index (χ3n) is 11.7. The smallest absolute Gasteiger partial charge is 0.0620 e. The van der Waals surface area contributed by atoms with Crippen LogP contribution in [-0.4, -0.2) is 0 Å². The molecule has 0 radical (unpaired) electrons. The Kier molecular flexibility index (Phi) is 3.32. The van der Waals surface area contributed by atoms with Gasteiger partial charge in [-0.3, -0.25) is 0 Å². The van der Waals surface area contributed by atoms with Crippen LogP contribution in [0.2, 0.25) is 0 Å². The summed E-state index contributed by atoms with van der Waals surface area (Å²) in [5.74, 6) is 1.87. The van der Waals surface area contributed by atoms with E-state index in [1.165, 1.54) is 44.2 Å². The zero-order valence-electron chi connectivity index (χ0n) is 22.0. The Morgan fingerprint density at radius 2 is 0.600 bits per heavy atom. The van der Waals surface area contributed by atoms with Gasteiger partial charge in [-0.25, -0.2) is 0 Å². The minimum Gasteiger partial charge on any atom is -0.0620 e. The highest BCUT2D eigenvalue weighted by atomic mass is 14.7. The molecule has 0 bridgehead atoms. The van der Waals surface area contributed by atoms with Crippen LogP contribution in [0, 0.1) is 0 Å². The number of rotatable bonds is 0. The summed E-state index contributed by atoms with van der Waals surface area (Å²) in [4.78, 5) is 0. The predicted molar refractivity (Wildman–Crippen MR) is 160 cm³/mol. The average molecular weight is 507 g/mol. The molecule has 0 heterocycles. The minimum absolute atomic E-state index is 0.372. The van der Waals surface area contributed by atoms with Crippen molar-refractivity contribution in [3.05, 3.63) is 189 Å². The molecule has 1 saturated carbocycles. The van der Waals surface area contributed by atoms with Crippen molar-refractivity contribution in [1.29, 1.82) is 0 Å². The Bertz CT molecular complexity index is 1850. The fourth-order valence-corrected chi connectivity index (χ4v) is 10.9. The molecular weight excluding hydrogens is 480 g/mol. The van der Waals surface area contributed by atoms with Crippen LogP contribution < -0.4 is 0 Å². The van der Waals surface area contributed by atoms with E-state index in [4.69, 9.17) is 0 Å². The van der Waals surface area contributed by atoms with Crippen molar-refractivity contribution in [1.82, 2.24) is 0 Å². The monoisotopic (exact) mass is 506 g/mol. The Morgan fingerprint density at radius 1 is 0.300 bits per heavy atom. The zero-order valence-corrected chi connectivity index (χ0v) is 22.0. The molecule has 6 aromatic rings. The van der Waals surface area contributed by atoms with Crippen LogP contribution >= 0.6 is 0 Å². The van der Waals surface area contributed by atoms with Crippen LogP contribution in [0.4, 0.5) is 0 Å². The van der Waals surface area contributed by atoms with Crippen LogP contribution in [0.25, 0.3) is 10.8 Å². The van der Waals surface area contributed by atoms with Gasteiger partial charge in [-0.2, -0.15) is 0 Å². The van der Waals surface area contributed by atoms with E-state index in [2.05, 4.69) is 133 Å². The number of hydrogen-bond donors (Lipinski definition) is 0. The van der Waals surface area contributed by atoms with Gasteiger partial charge in [0.25, 0.3) is 0 Å². The van der Waals surface area contributed by atoms with Crippen LogP contribution in [0.3, 0.4) is 0 Å². The number of fused-ring (bicyclic) bond motifs is 19. The lowest BCUT2D eigenvalue weighted by molar-refractivity contribution is 0.230. The maximum Gasteiger partial charge on any atom is 0.0641 e. The Morgan fingerprint density at radius 3 is 0.950 bits per heavy atom. The molecule has 0 atom stereocenters. The molecule has 0 saturated heterocycles. The molecule has 0 amide bonds. The van der Waals surface area contributed by atoms with Gasteiger partial charge in [0.15, 0.2) is 0 Å². The van der Waals surface area contributed by atoms with E-state index in [9.17, 15) is 0 Å². The molecule has 6 aromatic carbocycles. The first-order valence-corrected chi connectivity index (χ1v) is 14.8. The summed E-state index contributed by atoms with van der Waals surface area (Å²) >= 11 is 0. The van der Waals surface area contributed by atoms with Crippen molar-refractivity contribution in [2.24, 2.45) is 0 Å². The molecule has 0 N–H and O–H groups in total. The van der Waals surface area contributed by atoms with Gasteiger partial charge in [0.2, 0.25) is 0 Å². The average Bonchev–Trinajstić information content (AvgIpc) is 3.21. The first kappa shape index (κ1) is 20.5. The molecule has 0 unspecified atom stereocenters. The van der Waals surface area contributed by atoms with Gasteiger partial charge < -0.3 is 0 Å².